The lowest BCUT2D eigenvalue weighted by Gasteiger charge is -2.18. The lowest BCUT2D eigenvalue weighted by Crippen LogP contribution is -2.18. The average molecular weight is 194 g/mol. The first-order chi connectivity index (χ1) is 6.56. The van der Waals surface area contributed by atoms with Crippen LogP contribution in [-0.4, -0.2) is 12.1 Å². The summed E-state index contributed by atoms with van der Waals surface area (Å²) in [5.41, 5.74) is 8.16. The number of nitrogens with zero attached hydrogens (tertiary/aromatic N) is 1. The number of pyridine rings is 1. The van der Waals surface area contributed by atoms with E-state index in [1.54, 1.807) is 13.3 Å². The number of hydrogen-bond donors (Lipinski definition) is 1. The first-order valence-electron chi connectivity index (χ1n) is 4.82. The van der Waals surface area contributed by atoms with Crippen molar-refractivity contribution in [1.82, 2.24) is 4.98 Å². The van der Waals surface area contributed by atoms with Crippen LogP contribution < -0.4 is 10.5 Å². The Morgan fingerprint density at radius 2 is 2.07 bits per heavy atom. The van der Waals surface area contributed by atoms with E-state index in [4.69, 9.17) is 10.5 Å². The fourth-order valence-electron chi connectivity index (χ4n) is 1.35. The van der Waals surface area contributed by atoms with Crippen LogP contribution in [0.25, 0.3) is 0 Å². The SMILES string of the molecule is COc1ncc(C)cc1[C@H](N)C(C)C. The van der Waals surface area contributed by atoms with Crippen molar-refractivity contribution < 1.29 is 4.74 Å². The summed E-state index contributed by atoms with van der Waals surface area (Å²) in [5, 5.41) is 0. The highest BCUT2D eigenvalue weighted by Crippen LogP contribution is 2.26. The molecule has 0 bridgehead atoms. The first kappa shape index (κ1) is 11.0. The van der Waals surface area contributed by atoms with Crippen LogP contribution in [-0.2, 0) is 0 Å². The van der Waals surface area contributed by atoms with Gasteiger partial charge in [-0.1, -0.05) is 13.8 Å². The topological polar surface area (TPSA) is 48.1 Å². The first-order valence-corrected chi connectivity index (χ1v) is 4.82. The highest BCUT2D eigenvalue weighted by molar-refractivity contribution is 5.32. The summed E-state index contributed by atoms with van der Waals surface area (Å²) in [5.74, 6) is 1.02. The maximum Gasteiger partial charge on any atom is 0.217 e. The van der Waals surface area contributed by atoms with Crippen molar-refractivity contribution in [2.24, 2.45) is 11.7 Å². The van der Waals surface area contributed by atoms with Gasteiger partial charge in [-0.2, -0.15) is 0 Å². The van der Waals surface area contributed by atoms with Crippen LogP contribution in [0.3, 0.4) is 0 Å². The molecule has 0 aliphatic carbocycles. The zero-order chi connectivity index (χ0) is 10.7. The van der Waals surface area contributed by atoms with E-state index >= 15 is 0 Å². The molecule has 0 unspecified atom stereocenters. The van der Waals surface area contributed by atoms with E-state index < -0.39 is 0 Å². The highest BCUT2D eigenvalue weighted by Gasteiger charge is 2.16. The Morgan fingerprint density at radius 1 is 1.43 bits per heavy atom. The lowest BCUT2D eigenvalue weighted by atomic mass is 9.97. The summed E-state index contributed by atoms with van der Waals surface area (Å²) in [6.07, 6.45) is 1.79. The van der Waals surface area contributed by atoms with Gasteiger partial charge in [-0.25, -0.2) is 4.98 Å². The minimum Gasteiger partial charge on any atom is -0.481 e. The molecule has 14 heavy (non-hydrogen) atoms. The molecule has 1 aromatic rings. The Balaban J connectivity index is 3.10. The molecule has 3 nitrogen and oxygen atoms in total. The van der Waals surface area contributed by atoms with Gasteiger partial charge in [0.1, 0.15) is 0 Å². The van der Waals surface area contributed by atoms with Gasteiger partial charge in [0.2, 0.25) is 5.88 Å². The van der Waals surface area contributed by atoms with Gasteiger partial charge in [0.25, 0.3) is 0 Å². The zero-order valence-electron chi connectivity index (χ0n) is 9.24. The third-order valence-corrected chi connectivity index (χ3v) is 2.29. The monoisotopic (exact) mass is 194 g/mol. The largest absolute Gasteiger partial charge is 0.481 e. The molecule has 0 saturated heterocycles. The zero-order valence-corrected chi connectivity index (χ0v) is 9.24. The normalized spacial score (nSPS) is 13.0. The fraction of sp³-hybridized carbons (Fsp3) is 0.545. The number of nitrogens with two attached hydrogens (primary N) is 1. The van der Waals surface area contributed by atoms with Crippen LogP contribution >= 0.6 is 0 Å². The van der Waals surface area contributed by atoms with Crippen LogP contribution in [0.15, 0.2) is 12.3 Å². The Bertz CT molecular complexity index is 310. The molecule has 2 N–H and O–H groups in total. The summed E-state index contributed by atoms with van der Waals surface area (Å²) in [6.45, 7) is 6.18. The second kappa shape index (κ2) is 4.42. The minimum absolute atomic E-state index is 0.0163. The smallest absolute Gasteiger partial charge is 0.217 e. The summed E-state index contributed by atoms with van der Waals surface area (Å²) in [6, 6.07) is 2.02. The molecule has 1 heterocycles. The summed E-state index contributed by atoms with van der Waals surface area (Å²) >= 11 is 0. The minimum atomic E-state index is -0.0163. The Labute approximate surface area is 85.3 Å². The molecule has 1 aromatic heterocycles. The number of ether oxygens (including phenoxy) is 1. The molecular formula is C11H18N2O. The number of aromatic nitrogens is 1. The van der Waals surface area contributed by atoms with Gasteiger partial charge in [-0.15, -0.1) is 0 Å². The van der Waals surface area contributed by atoms with Crippen molar-refractivity contribution in [2.45, 2.75) is 26.8 Å². The molecule has 0 aromatic carbocycles. The van der Waals surface area contributed by atoms with E-state index in [0.29, 0.717) is 11.8 Å². The van der Waals surface area contributed by atoms with Crippen molar-refractivity contribution in [1.29, 1.82) is 0 Å². The quantitative estimate of drug-likeness (QED) is 0.801. The predicted molar refractivity (Wildman–Crippen MR) is 57.3 cm³/mol. The molecular weight excluding hydrogens is 176 g/mol. The molecule has 0 spiro atoms. The highest BCUT2D eigenvalue weighted by atomic mass is 16.5. The van der Waals surface area contributed by atoms with Crippen LogP contribution in [0.2, 0.25) is 0 Å². The van der Waals surface area contributed by atoms with E-state index in [1.807, 2.05) is 13.0 Å². The summed E-state index contributed by atoms with van der Waals surface area (Å²) in [4.78, 5) is 4.20. The lowest BCUT2D eigenvalue weighted by molar-refractivity contribution is 0.380. The van der Waals surface area contributed by atoms with Gasteiger partial charge in [0.05, 0.1) is 7.11 Å². The maximum absolute atomic E-state index is 6.06. The van der Waals surface area contributed by atoms with Gasteiger partial charge >= 0.3 is 0 Å². The van der Waals surface area contributed by atoms with Crippen molar-refractivity contribution in [3.05, 3.63) is 23.4 Å². The van der Waals surface area contributed by atoms with Crippen molar-refractivity contribution in [2.75, 3.05) is 7.11 Å². The second-order valence-electron chi connectivity index (χ2n) is 3.88. The molecule has 0 fully saturated rings. The van der Waals surface area contributed by atoms with Crippen LogP contribution in [0.4, 0.5) is 0 Å². The van der Waals surface area contributed by atoms with Gasteiger partial charge in [-0.05, 0) is 24.5 Å². The van der Waals surface area contributed by atoms with Crippen molar-refractivity contribution in [3.8, 4) is 5.88 Å². The molecule has 0 aliphatic heterocycles. The molecule has 78 valence electrons. The second-order valence-corrected chi connectivity index (χ2v) is 3.88. The van der Waals surface area contributed by atoms with E-state index in [9.17, 15) is 0 Å². The number of methoxy groups -OCH3 is 1. The molecule has 0 radical (unpaired) electrons. The molecule has 0 aliphatic rings. The average Bonchev–Trinajstić information content (AvgIpc) is 2.16. The van der Waals surface area contributed by atoms with Gasteiger partial charge < -0.3 is 10.5 Å². The molecule has 0 saturated carbocycles. The van der Waals surface area contributed by atoms with Crippen LogP contribution in [0, 0.1) is 12.8 Å². The molecule has 1 atom stereocenters. The summed E-state index contributed by atoms with van der Waals surface area (Å²) < 4.78 is 5.18. The standard InChI is InChI=1S/C11H18N2O/c1-7(2)10(12)9-5-8(3)6-13-11(9)14-4/h5-7,10H,12H2,1-4H3/t10-/m1/s1. The van der Waals surface area contributed by atoms with Crippen LogP contribution in [0.1, 0.15) is 31.0 Å². The summed E-state index contributed by atoms with van der Waals surface area (Å²) in [7, 11) is 1.62. The van der Waals surface area contributed by atoms with E-state index in [2.05, 4.69) is 18.8 Å². The number of aryl methyl sites for hydroxylation is 1. The van der Waals surface area contributed by atoms with E-state index in [-0.39, 0.29) is 6.04 Å². The third-order valence-electron chi connectivity index (χ3n) is 2.29. The molecule has 0 amide bonds. The van der Waals surface area contributed by atoms with E-state index in [1.165, 1.54) is 0 Å². The molecule has 1 rings (SSSR count). The Kier molecular flexibility index (Phi) is 3.47. The van der Waals surface area contributed by atoms with E-state index in [0.717, 1.165) is 11.1 Å². The predicted octanol–water partition coefficient (Wildman–Crippen LogP) is 2.05. The molecule has 3 heteroatoms. The van der Waals surface area contributed by atoms with Gasteiger partial charge in [-0.3, -0.25) is 0 Å². The fourth-order valence-corrected chi connectivity index (χ4v) is 1.35. The van der Waals surface area contributed by atoms with Crippen molar-refractivity contribution >= 4 is 0 Å². The maximum atomic E-state index is 6.06. The number of hydrogen-bond acceptors (Lipinski definition) is 3. The van der Waals surface area contributed by atoms with Crippen LogP contribution in [0.5, 0.6) is 5.88 Å². The van der Waals surface area contributed by atoms with Gasteiger partial charge in [0.15, 0.2) is 0 Å². The number of rotatable bonds is 3. The third kappa shape index (κ3) is 2.23. The van der Waals surface area contributed by atoms with Crippen molar-refractivity contribution in [3.63, 3.8) is 0 Å². The van der Waals surface area contributed by atoms with Gasteiger partial charge in [0, 0.05) is 17.8 Å². The Morgan fingerprint density at radius 3 is 2.57 bits per heavy atom. The Hall–Kier alpha value is -1.09.